The molecule has 2 fully saturated rings. The Hall–Kier alpha value is -2.09. The zero-order valence-electron chi connectivity index (χ0n) is 19.2. The van der Waals surface area contributed by atoms with Crippen LogP contribution in [0.4, 0.5) is 11.6 Å². The molecule has 0 amide bonds. The van der Waals surface area contributed by atoms with Gasteiger partial charge >= 0.3 is 0 Å². The van der Waals surface area contributed by atoms with E-state index < -0.39 is 0 Å². The highest BCUT2D eigenvalue weighted by Crippen LogP contribution is 2.34. The number of rotatable bonds is 5. The van der Waals surface area contributed by atoms with Gasteiger partial charge in [0.2, 0.25) is 5.95 Å². The molecule has 0 bridgehead atoms. The summed E-state index contributed by atoms with van der Waals surface area (Å²) in [5.74, 6) is 0.495. The fourth-order valence-corrected chi connectivity index (χ4v) is 6.34. The zero-order chi connectivity index (χ0) is 22.9. The molecular formula is C25H30ClN5OS. The van der Waals surface area contributed by atoms with Crippen molar-refractivity contribution in [3.8, 4) is 0 Å². The molecular weight excluding hydrogens is 454 g/mol. The van der Waals surface area contributed by atoms with E-state index in [1.165, 1.54) is 30.8 Å². The van der Waals surface area contributed by atoms with Gasteiger partial charge in [-0.15, -0.1) is 11.8 Å². The third kappa shape index (κ3) is 4.91. The smallest absolute Gasteiger partial charge is 0.271 e. The third-order valence-electron chi connectivity index (χ3n) is 6.83. The minimum Gasteiger partial charge on any atom is -0.324 e. The highest BCUT2D eigenvalue weighted by molar-refractivity contribution is 8.00. The van der Waals surface area contributed by atoms with Crippen LogP contribution in [0.1, 0.15) is 50.1 Å². The van der Waals surface area contributed by atoms with Crippen LogP contribution in [0.5, 0.6) is 0 Å². The number of thioether (sulfide) groups is 1. The maximum atomic E-state index is 12.9. The molecule has 6 nitrogen and oxygen atoms in total. The summed E-state index contributed by atoms with van der Waals surface area (Å²) in [6.07, 6.45) is 8.44. The van der Waals surface area contributed by atoms with Crippen molar-refractivity contribution in [1.82, 2.24) is 19.4 Å². The van der Waals surface area contributed by atoms with Gasteiger partial charge in [0.05, 0.1) is 0 Å². The molecule has 2 aliphatic rings. The van der Waals surface area contributed by atoms with Gasteiger partial charge in [-0.05, 0) is 82.6 Å². The molecule has 174 valence electrons. The number of halogens is 1. The lowest BCUT2D eigenvalue weighted by atomic mass is 10.1. The summed E-state index contributed by atoms with van der Waals surface area (Å²) in [7, 11) is 2.20. The number of nitrogens with one attached hydrogen (secondary N) is 1. The van der Waals surface area contributed by atoms with E-state index in [9.17, 15) is 4.79 Å². The highest BCUT2D eigenvalue weighted by atomic mass is 35.5. The average molecular weight is 484 g/mol. The topological polar surface area (TPSA) is 63.1 Å². The summed E-state index contributed by atoms with van der Waals surface area (Å²) in [5.41, 5.74) is 2.62. The summed E-state index contributed by atoms with van der Waals surface area (Å²) in [4.78, 5) is 25.8. The minimum atomic E-state index is -0.160. The number of hydrogen-bond acceptors (Lipinski definition) is 6. The molecule has 8 heteroatoms. The number of pyridine rings is 1. The second kappa shape index (κ2) is 9.65. The molecule has 1 aromatic carbocycles. The van der Waals surface area contributed by atoms with Crippen molar-refractivity contribution in [3.63, 3.8) is 0 Å². The molecule has 3 heterocycles. The van der Waals surface area contributed by atoms with Crippen molar-refractivity contribution >= 4 is 46.0 Å². The molecule has 0 unspecified atom stereocenters. The number of hydrogen-bond donors (Lipinski definition) is 1. The standard InChI is InChI=1S/C25H30ClN5OS/c1-16-13-20(33-19-9-11-30(2)12-10-19)7-8-22(16)28-25-27-15-17-14-21(26)24(32)31(23(17)29-25)18-5-3-4-6-18/h7-8,13-15,18-19H,3-6,9-12H2,1-2H3,(H,27,28,29). The molecule has 33 heavy (non-hydrogen) atoms. The van der Waals surface area contributed by atoms with Gasteiger partial charge in [0.15, 0.2) is 0 Å². The Balaban J connectivity index is 1.39. The van der Waals surface area contributed by atoms with E-state index in [0.29, 0.717) is 16.8 Å². The van der Waals surface area contributed by atoms with Gasteiger partial charge in [-0.1, -0.05) is 24.4 Å². The molecule has 5 rings (SSSR count). The average Bonchev–Trinajstić information content (AvgIpc) is 3.33. The monoisotopic (exact) mass is 483 g/mol. The molecule has 1 aliphatic carbocycles. The molecule has 1 N–H and O–H groups in total. The van der Waals surface area contributed by atoms with E-state index in [0.717, 1.165) is 42.3 Å². The number of aryl methyl sites for hydroxylation is 1. The molecule has 0 radical (unpaired) electrons. The highest BCUT2D eigenvalue weighted by Gasteiger charge is 2.22. The van der Waals surface area contributed by atoms with Crippen LogP contribution in [0.15, 0.2) is 40.2 Å². The van der Waals surface area contributed by atoms with Crippen LogP contribution in [0.3, 0.4) is 0 Å². The number of fused-ring (bicyclic) bond motifs is 1. The lowest BCUT2D eigenvalue weighted by molar-refractivity contribution is 0.282. The fraction of sp³-hybridized carbons (Fsp3) is 0.480. The minimum absolute atomic E-state index is 0.152. The van der Waals surface area contributed by atoms with Crippen LogP contribution >= 0.6 is 23.4 Å². The van der Waals surface area contributed by atoms with E-state index in [4.69, 9.17) is 16.6 Å². The fourth-order valence-electron chi connectivity index (χ4n) is 4.91. The number of benzene rings is 1. The van der Waals surface area contributed by atoms with Crippen molar-refractivity contribution < 1.29 is 0 Å². The first-order chi connectivity index (χ1) is 16.0. The Labute approximate surface area is 203 Å². The Morgan fingerprint density at radius 2 is 1.88 bits per heavy atom. The van der Waals surface area contributed by atoms with Gasteiger partial charge in [0.25, 0.3) is 5.56 Å². The van der Waals surface area contributed by atoms with Gasteiger partial charge < -0.3 is 10.2 Å². The number of likely N-dealkylation sites (tertiary alicyclic amines) is 1. The molecule has 0 spiro atoms. The number of nitrogens with zero attached hydrogens (tertiary/aromatic N) is 4. The first-order valence-electron chi connectivity index (χ1n) is 11.8. The van der Waals surface area contributed by atoms with Crippen LogP contribution in [0.2, 0.25) is 5.02 Å². The van der Waals surface area contributed by atoms with Crippen LogP contribution in [0, 0.1) is 6.92 Å². The summed E-state index contributed by atoms with van der Waals surface area (Å²) in [5, 5.41) is 5.07. The lowest BCUT2D eigenvalue weighted by Crippen LogP contribution is -2.31. The molecule has 1 saturated heterocycles. The quantitative estimate of drug-likeness (QED) is 0.495. The summed E-state index contributed by atoms with van der Waals surface area (Å²) in [6, 6.07) is 8.34. The Kier molecular flexibility index (Phi) is 6.63. The Bertz CT molecular complexity index is 1220. The van der Waals surface area contributed by atoms with Crippen molar-refractivity contribution in [1.29, 1.82) is 0 Å². The summed E-state index contributed by atoms with van der Waals surface area (Å²) >= 11 is 8.22. The Morgan fingerprint density at radius 3 is 2.61 bits per heavy atom. The first kappa shape index (κ1) is 22.7. The zero-order valence-corrected chi connectivity index (χ0v) is 20.8. The van der Waals surface area contributed by atoms with Crippen LogP contribution in [-0.2, 0) is 0 Å². The van der Waals surface area contributed by atoms with E-state index in [-0.39, 0.29) is 16.6 Å². The largest absolute Gasteiger partial charge is 0.324 e. The van der Waals surface area contributed by atoms with Crippen molar-refractivity contribution in [3.05, 3.63) is 51.4 Å². The van der Waals surface area contributed by atoms with E-state index in [2.05, 4.69) is 47.4 Å². The summed E-state index contributed by atoms with van der Waals surface area (Å²) < 4.78 is 1.78. The SMILES string of the molecule is Cc1cc(SC2CCN(C)CC2)ccc1Nc1ncc2cc(Cl)c(=O)n(C3CCCC3)c2n1. The van der Waals surface area contributed by atoms with Crippen LogP contribution < -0.4 is 10.9 Å². The predicted octanol–water partition coefficient (Wildman–Crippen LogP) is 5.80. The van der Waals surface area contributed by atoms with E-state index in [1.807, 2.05) is 11.8 Å². The number of aromatic nitrogens is 3. The van der Waals surface area contributed by atoms with Crippen LogP contribution in [-0.4, -0.2) is 44.8 Å². The molecule has 0 atom stereocenters. The van der Waals surface area contributed by atoms with Gasteiger partial charge in [-0.25, -0.2) is 4.98 Å². The predicted molar refractivity (Wildman–Crippen MR) is 137 cm³/mol. The van der Waals surface area contributed by atoms with Gasteiger partial charge in [0.1, 0.15) is 10.7 Å². The molecule has 3 aromatic rings. The maximum Gasteiger partial charge on any atom is 0.271 e. The molecule has 1 saturated carbocycles. The van der Waals surface area contributed by atoms with Gasteiger partial charge in [-0.3, -0.25) is 9.36 Å². The summed E-state index contributed by atoms with van der Waals surface area (Å²) in [6.45, 7) is 4.45. The van der Waals surface area contributed by atoms with Crippen molar-refractivity contribution in [2.45, 2.75) is 61.6 Å². The second-order valence-electron chi connectivity index (χ2n) is 9.30. The van der Waals surface area contributed by atoms with Crippen molar-refractivity contribution in [2.24, 2.45) is 0 Å². The van der Waals surface area contributed by atoms with E-state index in [1.54, 1.807) is 16.8 Å². The Morgan fingerprint density at radius 1 is 1.12 bits per heavy atom. The first-order valence-corrected chi connectivity index (χ1v) is 13.0. The lowest BCUT2D eigenvalue weighted by Gasteiger charge is -2.28. The molecule has 2 aromatic heterocycles. The normalized spacial score (nSPS) is 18.3. The third-order valence-corrected chi connectivity index (χ3v) is 8.43. The maximum absolute atomic E-state index is 12.9. The van der Waals surface area contributed by atoms with E-state index >= 15 is 0 Å². The second-order valence-corrected chi connectivity index (χ2v) is 11.1. The van der Waals surface area contributed by atoms with Crippen LogP contribution in [0.25, 0.3) is 11.0 Å². The van der Waals surface area contributed by atoms with Gasteiger partial charge in [-0.2, -0.15) is 4.98 Å². The van der Waals surface area contributed by atoms with Gasteiger partial charge in [0, 0.05) is 33.5 Å². The molecule has 1 aliphatic heterocycles. The van der Waals surface area contributed by atoms with Crippen molar-refractivity contribution in [2.75, 3.05) is 25.5 Å². The number of anilines is 2. The number of piperidine rings is 1.